The molecule has 118 valence electrons. The van der Waals surface area contributed by atoms with Gasteiger partial charge in [-0.3, -0.25) is 0 Å². The molecule has 2 rings (SSSR count). The molecule has 0 atom stereocenters. The minimum Gasteiger partial charge on any atom is -0.313 e. The summed E-state index contributed by atoms with van der Waals surface area (Å²) in [5.74, 6) is 2.28. The van der Waals surface area contributed by atoms with Crippen LogP contribution in [0.2, 0.25) is 0 Å². The fourth-order valence-electron chi connectivity index (χ4n) is 3.85. The number of nitrogens with one attached hydrogen (secondary N) is 1. The zero-order valence-electron chi connectivity index (χ0n) is 14.1. The van der Waals surface area contributed by atoms with E-state index in [0.29, 0.717) is 10.8 Å². The first-order chi connectivity index (χ1) is 9.45. The van der Waals surface area contributed by atoms with E-state index < -0.39 is 0 Å². The van der Waals surface area contributed by atoms with E-state index in [4.69, 9.17) is 0 Å². The normalized spacial score (nSPS) is 31.5. The second kappa shape index (κ2) is 7.05. The van der Waals surface area contributed by atoms with Crippen molar-refractivity contribution in [2.75, 3.05) is 18.6 Å². The van der Waals surface area contributed by atoms with Gasteiger partial charge in [0.05, 0.1) is 0 Å². The highest BCUT2D eigenvalue weighted by Gasteiger charge is 2.39. The van der Waals surface area contributed by atoms with Gasteiger partial charge in [-0.25, -0.2) is 0 Å². The molecule has 0 aromatic heterocycles. The van der Waals surface area contributed by atoms with Crippen LogP contribution in [-0.4, -0.2) is 24.6 Å². The molecule has 0 spiro atoms. The van der Waals surface area contributed by atoms with Gasteiger partial charge in [0.15, 0.2) is 0 Å². The smallest absolute Gasteiger partial charge is 0.00684 e. The van der Waals surface area contributed by atoms with Crippen molar-refractivity contribution in [3.8, 4) is 0 Å². The first-order valence-electron chi connectivity index (χ1n) is 8.68. The number of thioether (sulfide) groups is 1. The summed E-state index contributed by atoms with van der Waals surface area (Å²) in [5, 5.41) is 3.84. The third-order valence-electron chi connectivity index (χ3n) is 5.67. The van der Waals surface area contributed by atoms with E-state index in [1.807, 2.05) is 11.8 Å². The second-order valence-corrected chi connectivity index (χ2v) is 9.38. The SMILES string of the molecule is CSCCCC1(CNC2CC2)CCC(C(C)(C)C)CC1. The molecule has 0 unspecified atom stereocenters. The van der Waals surface area contributed by atoms with Crippen molar-refractivity contribution in [1.82, 2.24) is 5.32 Å². The van der Waals surface area contributed by atoms with Gasteiger partial charge in [-0.05, 0) is 80.1 Å². The van der Waals surface area contributed by atoms with Crippen LogP contribution in [0.15, 0.2) is 0 Å². The van der Waals surface area contributed by atoms with Crippen molar-refractivity contribution < 1.29 is 0 Å². The van der Waals surface area contributed by atoms with Gasteiger partial charge in [-0.2, -0.15) is 11.8 Å². The molecule has 2 heteroatoms. The minimum absolute atomic E-state index is 0.509. The summed E-state index contributed by atoms with van der Waals surface area (Å²) in [6, 6.07) is 0.868. The highest BCUT2D eigenvalue weighted by atomic mass is 32.2. The summed E-state index contributed by atoms with van der Waals surface area (Å²) in [4.78, 5) is 0. The van der Waals surface area contributed by atoms with Gasteiger partial charge in [0, 0.05) is 12.6 Å². The van der Waals surface area contributed by atoms with Gasteiger partial charge in [-0.15, -0.1) is 0 Å². The maximum absolute atomic E-state index is 3.84. The third kappa shape index (κ3) is 4.94. The van der Waals surface area contributed by atoms with Crippen LogP contribution in [0.4, 0.5) is 0 Å². The molecular formula is C18H35NS. The lowest BCUT2D eigenvalue weighted by molar-refractivity contribution is 0.0790. The highest BCUT2D eigenvalue weighted by molar-refractivity contribution is 7.98. The van der Waals surface area contributed by atoms with Crippen LogP contribution in [0.1, 0.15) is 72.1 Å². The predicted molar refractivity (Wildman–Crippen MR) is 92.5 cm³/mol. The molecule has 1 nitrogen and oxygen atoms in total. The Bertz CT molecular complexity index is 282. The molecule has 20 heavy (non-hydrogen) atoms. The fourth-order valence-corrected chi connectivity index (χ4v) is 4.28. The van der Waals surface area contributed by atoms with Crippen LogP contribution in [0.25, 0.3) is 0 Å². The Labute approximate surface area is 131 Å². The maximum Gasteiger partial charge on any atom is 0.00684 e. The minimum atomic E-state index is 0.509. The summed E-state index contributed by atoms with van der Waals surface area (Å²) in [6.07, 6.45) is 13.8. The van der Waals surface area contributed by atoms with Crippen LogP contribution >= 0.6 is 11.8 Å². The van der Waals surface area contributed by atoms with E-state index in [1.54, 1.807) is 0 Å². The van der Waals surface area contributed by atoms with Crippen molar-refractivity contribution >= 4 is 11.8 Å². The molecule has 2 aliphatic rings. The van der Waals surface area contributed by atoms with Crippen molar-refractivity contribution in [3.05, 3.63) is 0 Å². The van der Waals surface area contributed by atoms with Crippen molar-refractivity contribution in [1.29, 1.82) is 0 Å². The molecular weight excluding hydrogens is 262 g/mol. The third-order valence-corrected chi connectivity index (χ3v) is 6.37. The largest absolute Gasteiger partial charge is 0.313 e. The second-order valence-electron chi connectivity index (χ2n) is 8.39. The molecule has 2 aliphatic carbocycles. The zero-order valence-corrected chi connectivity index (χ0v) is 15.0. The summed E-state index contributed by atoms with van der Waals surface area (Å²) in [6.45, 7) is 8.59. The molecule has 0 aromatic carbocycles. The van der Waals surface area contributed by atoms with Crippen molar-refractivity contribution in [3.63, 3.8) is 0 Å². The Morgan fingerprint density at radius 1 is 1.10 bits per heavy atom. The van der Waals surface area contributed by atoms with Crippen LogP contribution in [0.3, 0.4) is 0 Å². The van der Waals surface area contributed by atoms with E-state index >= 15 is 0 Å². The van der Waals surface area contributed by atoms with Gasteiger partial charge in [0.25, 0.3) is 0 Å². The predicted octanol–water partition coefficient (Wildman–Crippen LogP) is 5.10. The Hall–Kier alpha value is 0.310. The van der Waals surface area contributed by atoms with E-state index in [9.17, 15) is 0 Å². The molecule has 0 radical (unpaired) electrons. The monoisotopic (exact) mass is 297 g/mol. The zero-order chi connectivity index (χ0) is 14.6. The molecule has 0 bridgehead atoms. The van der Waals surface area contributed by atoms with Gasteiger partial charge < -0.3 is 5.32 Å². The first kappa shape index (κ1) is 16.7. The first-order valence-corrected chi connectivity index (χ1v) is 10.1. The summed E-state index contributed by atoms with van der Waals surface area (Å²) in [7, 11) is 0. The lowest BCUT2D eigenvalue weighted by Crippen LogP contribution is -2.40. The summed E-state index contributed by atoms with van der Waals surface area (Å²) < 4.78 is 0. The van der Waals surface area contributed by atoms with Gasteiger partial charge in [-0.1, -0.05) is 20.8 Å². The number of hydrogen-bond acceptors (Lipinski definition) is 2. The quantitative estimate of drug-likeness (QED) is 0.656. The van der Waals surface area contributed by atoms with Gasteiger partial charge in [0.2, 0.25) is 0 Å². The van der Waals surface area contributed by atoms with Crippen LogP contribution < -0.4 is 5.32 Å². The average molecular weight is 298 g/mol. The molecule has 0 amide bonds. The topological polar surface area (TPSA) is 12.0 Å². The fraction of sp³-hybridized carbons (Fsp3) is 1.00. The highest BCUT2D eigenvalue weighted by Crippen LogP contribution is 2.47. The lowest BCUT2D eigenvalue weighted by atomic mass is 9.62. The lowest BCUT2D eigenvalue weighted by Gasteiger charge is -2.44. The molecule has 1 N–H and O–H groups in total. The van der Waals surface area contributed by atoms with Crippen molar-refractivity contribution in [2.24, 2.45) is 16.7 Å². The Morgan fingerprint density at radius 2 is 1.75 bits per heavy atom. The molecule has 2 fully saturated rings. The molecule has 0 aromatic rings. The summed E-state index contributed by atoms with van der Waals surface area (Å²) >= 11 is 2.01. The Kier molecular flexibility index (Phi) is 5.88. The van der Waals surface area contributed by atoms with E-state index in [1.165, 1.54) is 63.7 Å². The standard InChI is InChI=1S/C18H35NS/c1-17(2,3)15-8-11-18(12-9-15,10-5-13-20-4)14-19-16-6-7-16/h15-16,19H,5-14H2,1-4H3. The van der Waals surface area contributed by atoms with Crippen LogP contribution in [-0.2, 0) is 0 Å². The number of rotatable bonds is 7. The molecule has 0 saturated heterocycles. The number of hydrogen-bond donors (Lipinski definition) is 1. The van der Waals surface area contributed by atoms with Crippen LogP contribution in [0, 0.1) is 16.7 Å². The van der Waals surface area contributed by atoms with E-state index in [-0.39, 0.29) is 0 Å². The molecule has 0 heterocycles. The van der Waals surface area contributed by atoms with Crippen LogP contribution in [0.5, 0.6) is 0 Å². The molecule has 2 saturated carbocycles. The van der Waals surface area contributed by atoms with Gasteiger partial charge >= 0.3 is 0 Å². The Morgan fingerprint density at radius 3 is 2.25 bits per heavy atom. The Balaban J connectivity index is 1.86. The van der Waals surface area contributed by atoms with E-state index in [2.05, 4.69) is 32.3 Å². The van der Waals surface area contributed by atoms with E-state index in [0.717, 1.165) is 12.0 Å². The maximum atomic E-state index is 3.84. The van der Waals surface area contributed by atoms with Gasteiger partial charge in [0.1, 0.15) is 0 Å². The molecule has 0 aliphatic heterocycles. The summed E-state index contributed by atoms with van der Waals surface area (Å²) in [5.41, 5.74) is 1.13. The van der Waals surface area contributed by atoms with Crippen molar-refractivity contribution in [2.45, 2.75) is 78.2 Å². The average Bonchev–Trinajstić information content (AvgIpc) is 3.20.